The maximum absolute atomic E-state index is 11.8. The third kappa shape index (κ3) is 2.66. The summed E-state index contributed by atoms with van der Waals surface area (Å²) in [6.45, 7) is 0. The number of hydrogen-bond donors (Lipinski definition) is 0. The van der Waals surface area contributed by atoms with Gasteiger partial charge < -0.3 is 0 Å². The number of rotatable bonds is 2. The number of benzene rings is 1. The molecule has 0 amide bonds. The van der Waals surface area contributed by atoms with Gasteiger partial charge in [0.15, 0.2) is 0 Å². The Morgan fingerprint density at radius 2 is 1.62 bits per heavy atom. The molecule has 0 bridgehead atoms. The van der Waals surface area contributed by atoms with Crippen molar-refractivity contribution in [2.45, 2.75) is 5.47 Å². The molecule has 0 heterocycles. The maximum Gasteiger partial charge on any atom is 0.235 e. The molecular formula is C7H5Br2IO2S. The summed E-state index contributed by atoms with van der Waals surface area (Å²) < 4.78 is 22.4. The van der Waals surface area contributed by atoms with Gasteiger partial charge in [0.2, 0.25) is 10.4 Å². The molecule has 0 aromatic heterocycles. The predicted octanol–water partition coefficient (Wildman–Crippen LogP) is 3.30. The normalized spacial score (nSPS) is 12.8. The minimum Gasteiger partial charge on any atom is -0.220 e. The first kappa shape index (κ1) is 11.9. The van der Waals surface area contributed by atoms with Crippen molar-refractivity contribution in [2.75, 3.05) is 0 Å². The van der Waals surface area contributed by atoms with Gasteiger partial charge in [0.25, 0.3) is 0 Å². The van der Waals surface area contributed by atoms with Crippen molar-refractivity contribution in [3.05, 3.63) is 30.3 Å². The van der Waals surface area contributed by atoms with Crippen molar-refractivity contribution in [2.24, 2.45) is 0 Å². The molecule has 0 radical (unpaired) electrons. The molecule has 0 saturated carbocycles. The monoisotopic (exact) mass is 438 g/mol. The lowest BCUT2D eigenvalue weighted by atomic mass is 10.4. The zero-order valence-electron chi connectivity index (χ0n) is 6.25. The van der Waals surface area contributed by atoms with E-state index in [0.717, 1.165) is 0 Å². The van der Waals surface area contributed by atoms with Gasteiger partial charge in [0.1, 0.15) is 0 Å². The summed E-state index contributed by atoms with van der Waals surface area (Å²) in [4.78, 5) is 0.290. The van der Waals surface area contributed by atoms with Crippen LogP contribution < -0.4 is 0 Å². The molecule has 0 saturated heterocycles. The molecule has 6 heteroatoms. The van der Waals surface area contributed by atoms with Gasteiger partial charge in [0.05, 0.1) is 4.90 Å². The third-order valence-corrected chi connectivity index (χ3v) is 7.16. The van der Waals surface area contributed by atoms with Crippen LogP contribution in [-0.2, 0) is 9.84 Å². The van der Waals surface area contributed by atoms with Crippen LogP contribution in [0.25, 0.3) is 0 Å². The summed E-state index contributed by atoms with van der Waals surface area (Å²) in [6.07, 6.45) is 0. The summed E-state index contributed by atoms with van der Waals surface area (Å²) in [5.41, 5.74) is 0. The van der Waals surface area contributed by atoms with Crippen LogP contribution in [0.2, 0.25) is 0 Å². The lowest BCUT2D eigenvalue weighted by Crippen LogP contribution is -2.17. The highest BCUT2D eigenvalue weighted by Crippen LogP contribution is 2.43. The summed E-state index contributed by atoms with van der Waals surface area (Å²) in [7, 11) is -3.36. The van der Waals surface area contributed by atoms with Crippen LogP contribution in [0.3, 0.4) is 0 Å². The highest BCUT2D eigenvalue weighted by molar-refractivity contribution is 14.1. The quantitative estimate of drug-likeness (QED) is 0.523. The molecule has 0 spiro atoms. The lowest BCUT2D eigenvalue weighted by molar-refractivity contribution is 0.599. The van der Waals surface area contributed by atoms with Gasteiger partial charge >= 0.3 is 0 Å². The Labute approximate surface area is 107 Å². The molecule has 72 valence electrons. The lowest BCUT2D eigenvalue weighted by Gasteiger charge is -2.12. The zero-order valence-corrected chi connectivity index (χ0v) is 12.4. The Kier molecular flexibility index (Phi) is 3.82. The van der Waals surface area contributed by atoms with Gasteiger partial charge in [-0.3, -0.25) is 0 Å². The molecule has 0 aliphatic rings. The summed E-state index contributed by atoms with van der Waals surface area (Å²) >= 11 is 7.87. The van der Waals surface area contributed by atoms with Crippen molar-refractivity contribution in [1.29, 1.82) is 0 Å². The van der Waals surface area contributed by atoms with Gasteiger partial charge in [-0.1, -0.05) is 18.2 Å². The van der Waals surface area contributed by atoms with E-state index in [1.54, 1.807) is 52.9 Å². The van der Waals surface area contributed by atoms with Crippen LogP contribution in [0.5, 0.6) is 0 Å². The molecule has 0 aliphatic heterocycles. The molecule has 0 aliphatic carbocycles. The molecule has 1 rings (SSSR count). The van der Waals surface area contributed by atoms with E-state index in [1.807, 2.05) is 0 Å². The first-order valence-electron chi connectivity index (χ1n) is 3.22. The number of sulfone groups is 1. The van der Waals surface area contributed by atoms with Crippen LogP contribution in [-0.4, -0.2) is 8.99 Å². The Morgan fingerprint density at radius 3 is 2.00 bits per heavy atom. The van der Waals surface area contributed by atoms with Crippen LogP contribution in [0.15, 0.2) is 35.2 Å². The number of alkyl halides is 3. The number of halogens is 3. The maximum atomic E-state index is 11.8. The Bertz CT molecular complexity index is 383. The average Bonchev–Trinajstić information content (AvgIpc) is 2.04. The Hall–Kier alpha value is 0.860. The van der Waals surface area contributed by atoms with Crippen LogP contribution in [0.4, 0.5) is 0 Å². The minimum atomic E-state index is -3.36. The van der Waals surface area contributed by atoms with E-state index in [0.29, 0.717) is 0 Å². The Morgan fingerprint density at radius 1 is 1.15 bits per heavy atom. The van der Waals surface area contributed by atoms with Gasteiger partial charge in [-0.15, -0.1) is 0 Å². The third-order valence-electron chi connectivity index (χ3n) is 1.36. The summed E-state index contributed by atoms with van der Waals surface area (Å²) in [5.74, 6) is 0. The van der Waals surface area contributed by atoms with E-state index in [1.165, 1.54) is 0 Å². The van der Waals surface area contributed by atoms with Crippen molar-refractivity contribution in [1.82, 2.24) is 0 Å². The van der Waals surface area contributed by atoms with E-state index >= 15 is 0 Å². The fourth-order valence-electron chi connectivity index (χ4n) is 0.733. The number of hydrogen-bond acceptors (Lipinski definition) is 2. The van der Waals surface area contributed by atoms with Gasteiger partial charge in [-0.25, -0.2) is 8.42 Å². The van der Waals surface area contributed by atoms with Crippen molar-refractivity contribution >= 4 is 64.3 Å². The molecule has 13 heavy (non-hydrogen) atoms. The van der Waals surface area contributed by atoms with Crippen LogP contribution in [0.1, 0.15) is 0 Å². The largest absolute Gasteiger partial charge is 0.235 e. The molecule has 0 unspecified atom stereocenters. The van der Waals surface area contributed by atoms with E-state index in [2.05, 4.69) is 31.9 Å². The fourth-order valence-corrected chi connectivity index (χ4v) is 3.40. The van der Waals surface area contributed by atoms with Crippen LogP contribution >= 0.6 is 54.5 Å². The van der Waals surface area contributed by atoms with Gasteiger partial charge in [-0.2, -0.15) is 0 Å². The Balaban J connectivity index is 3.26. The topological polar surface area (TPSA) is 34.1 Å². The highest BCUT2D eigenvalue weighted by Gasteiger charge is 2.36. The van der Waals surface area contributed by atoms with Crippen molar-refractivity contribution in [3.8, 4) is 0 Å². The molecule has 2 nitrogen and oxygen atoms in total. The smallest absolute Gasteiger partial charge is 0.220 e. The zero-order chi connectivity index (χ0) is 10.1. The van der Waals surface area contributed by atoms with E-state index in [9.17, 15) is 8.42 Å². The van der Waals surface area contributed by atoms with Crippen molar-refractivity contribution in [3.63, 3.8) is 0 Å². The predicted molar refractivity (Wildman–Crippen MR) is 68.2 cm³/mol. The van der Waals surface area contributed by atoms with E-state index in [4.69, 9.17) is 0 Å². The van der Waals surface area contributed by atoms with E-state index in [-0.39, 0.29) is 4.90 Å². The fraction of sp³-hybridized carbons (Fsp3) is 0.143. The average molecular weight is 440 g/mol. The second-order valence-electron chi connectivity index (χ2n) is 2.26. The molecule has 0 atom stereocenters. The standard InChI is InChI=1S/C7H5Br2IO2S/c8-7(9,10)13(11,12)6-4-2-1-3-5-6/h1-5H. The second-order valence-corrected chi connectivity index (χ2v) is 14.2. The first-order valence-corrected chi connectivity index (χ1v) is 7.37. The second kappa shape index (κ2) is 4.16. The summed E-state index contributed by atoms with van der Waals surface area (Å²) in [5, 5.41) is 0. The molecule has 1 aromatic carbocycles. The van der Waals surface area contributed by atoms with Crippen molar-refractivity contribution < 1.29 is 8.42 Å². The van der Waals surface area contributed by atoms with Gasteiger partial charge in [-0.05, 0) is 66.6 Å². The SMILES string of the molecule is O=S(=O)(c1ccccc1)C(Br)(Br)I. The van der Waals surface area contributed by atoms with Gasteiger partial charge in [0, 0.05) is 0 Å². The molecule has 0 fully saturated rings. The minimum absolute atomic E-state index is 0.290. The highest BCUT2D eigenvalue weighted by atomic mass is 127. The molecular weight excluding hydrogens is 435 g/mol. The molecule has 0 N–H and O–H groups in total. The summed E-state index contributed by atoms with van der Waals surface area (Å²) in [6, 6.07) is 8.28. The molecule has 1 aromatic rings. The first-order chi connectivity index (χ1) is 5.86. The van der Waals surface area contributed by atoms with E-state index < -0.39 is 10.4 Å². The van der Waals surface area contributed by atoms with Crippen LogP contribution in [0, 0.1) is 0 Å².